The highest BCUT2D eigenvalue weighted by Gasteiger charge is 2.25. The van der Waals surface area contributed by atoms with Crippen molar-refractivity contribution in [2.75, 3.05) is 31.1 Å². The molecule has 0 bridgehead atoms. The fourth-order valence-electron chi connectivity index (χ4n) is 4.80. The minimum absolute atomic E-state index is 0.147. The smallest absolute Gasteiger partial charge is 0.223 e. The van der Waals surface area contributed by atoms with Gasteiger partial charge in [-0.1, -0.05) is 0 Å². The minimum Gasteiger partial charge on any atom is -0.368 e. The van der Waals surface area contributed by atoms with Gasteiger partial charge in [0.15, 0.2) is 5.65 Å². The zero-order valence-electron chi connectivity index (χ0n) is 20.6. The van der Waals surface area contributed by atoms with Gasteiger partial charge in [-0.2, -0.15) is 5.10 Å². The zero-order chi connectivity index (χ0) is 23.9. The zero-order valence-corrected chi connectivity index (χ0v) is 20.6. The number of hydrogen-bond acceptors (Lipinski definition) is 4. The summed E-state index contributed by atoms with van der Waals surface area (Å²) in [6.45, 7) is 15.5. The molecule has 176 valence electrons. The van der Waals surface area contributed by atoms with E-state index in [1.54, 1.807) is 12.1 Å². The van der Waals surface area contributed by atoms with Crippen LogP contribution in [0.25, 0.3) is 11.0 Å². The van der Waals surface area contributed by atoms with Gasteiger partial charge in [-0.25, -0.2) is 14.1 Å². The molecule has 1 aliphatic heterocycles. The van der Waals surface area contributed by atoms with Crippen LogP contribution in [-0.2, 0) is 16.8 Å². The maximum Gasteiger partial charge on any atom is 0.223 e. The predicted molar refractivity (Wildman–Crippen MR) is 130 cm³/mol. The lowest BCUT2D eigenvalue weighted by Gasteiger charge is -2.36. The molecule has 4 rings (SSSR count). The van der Waals surface area contributed by atoms with Crippen LogP contribution < -0.4 is 4.90 Å². The fourth-order valence-corrected chi connectivity index (χ4v) is 4.80. The Bertz CT molecular complexity index is 1170. The molecule has 0 atom stereocenters. The first-order valence-corrected chi connectivity index (χ1v) is 11.7. The number of aryl methyl sites for hydroxylation is 3. The summed E-state index contributed by atoms with van der Waals surface area (Å²) in [5, 5.41) is 5.87. The first kappa shape index (κ1) is 23.2. The Morgan fingerprint density at radius 1 is 1.00 bits per heavy atom. The number of aromatic nitrogens is 3. The molecule has 0 N–H and O–H groups in total. The van der Waals surface area contributed by atoms with Gasteiger partial charge in [0.25, 0.3) is 0 Å². The van der Waals surface area contributed by atoms with Crippen molar-refractivity contribution in [2.45, 2.75) is 59.9 Å². The number of anilines is 1. The molecule has 33 heavy (non-hydrogen) atoms. The van der Waals surface area contributed by atoms with E-state index in [4.69, 9.17) is 10.1 Å². The van der Waals surface area contributed by atoms with Crippen molar-refractivity contribution in [3.05, 3.63) is 52.6 Å². The Kier molecular flexibility index (Phi) is 6.16. The molecule has 1 aromatic carbocycles. The SMILES string of the molecule is Cc1nc2c(c(C)nn2C(C)(C)C)c(C)c1CCC(=O)N1CCN(c2ccc(F)cc2)CC1. The molecule has 2 aromatic heterocycles. The summed E-state index contributed by atoms with van der Waals surface area (Å²) >= 11 is 0. The molecule has 1 fully saturated rings. The first-order valence-electron chi connectivity index (χ1n) is 11.7. The van der Waals surface area contributed by atoms with E-state index in [-0.39, 0.29) is 17.3 Å². The number of benzene rings is 1. The number of amides is 1. The van der Waals surface area contributed by atoms with E-state index in [0.29, 0.717) is 25.9 Å². The van der Waals surface area contributed by atoms with E-state index in [1.807, 2.05) is 23.4 Å². The largest absolute Gasteiger partial charge is 0.368 e. The molecule has 0 spiro atoms. The summed E-state index contributed by atoms with van der Waals surface area (Å²) < 4.78 is 15.2. The van der Waals surface area contributed by atoms with Crippen LogP contribution in [0.5, 0.6) is 0 Å². The number of fused-ring (bicyclic) bond motifs is 1. The van der Waals surface area contributed by atoms with Crippen LogP contribution in [0.1, 0.15) is 49.7 Å². The number of carbonyl (C=O) groups excluding carboxylic acids is 1. The van der Waals surface area contributed by atoms with Gasteiger partial charge in [-0.3, -0.25) is 4.79 Å². The molecule has 1 aliphatic rings. The second-order valence-corrected chi connectivity index (χ2v) is 10.0. The van der Waals surface area contributed by atoms with Crippen LogP contribution in [0.15, 0.2) is 24.3 Å². The highest BCUT2D eigenvalue weighted by Crippen LogP contribution is 2.30. The fraction of sp³-hybridized carbons (Fsp3) is 0.500. The maximum absolute atomic E-state index is 13.2. The highest BCUT2D eigenvalue weighted by molar-refractivity contribution is 5.84. The molecular formula is C26H34FN5O. The molecule has 3 heterocycles. The van der Waals surface area contributed by atoms with Crippen molar-refractivity contribution in [1.82, 2.24) is 19.7 Å². The van der Waals surface area contributed by atoms with Crippen LogP contribution in [0.4, 0.5) is 10.1 Å². The second kappa shape index (κ2) is 8.76. The van der Waals surface area contributed by atoms with Crippen molar-refractivity contribution in [1.29, 1.82) is 0 Å². The molecule has 7 heteroatoms. The van der Waals surface area contributed by atoms with Crippen LogP contribution >= 0.6 is 0 Å². The molecule has 0 saturated carbocycles. The molecule has 0 unspecified atom stereocenters. The molecule has 6 nitrogen and oxygen atoms in total. The summed E-state index contributed by atoms with van der Waals surface area (Å²) in [6, 6.07) is 6.56. The van der Waals surface area contributed by atoms with E-state index >= 15 is 0 Å². The summed E-state index contributed by atoms with van der Waals surface area (Å²) in [4.78, 5) is 22.0. The Labute approximate surface area is 195 Å². The summed E-state index contributed by atoms with van der Waals surface area (Å²) in [5.41, 5.74) is 6.05. The van der Waals surface area contributed by atoms with Gasteiger partial charge in [0.05, 0.1) is 11.2 Å². The monoisotopic (exact) mass is 451 g/mol. The highest BCUT2D eigenvalue weighted by atomic mass is 19.1. The summed E-state index contributed by atoms with van der Waals surface area (Å²) in [7, 11) is 0. The van der Waals surface area contributed by atoms with Gasteiger partial charge < -0.3 is 9.80 Å². The van der Waals surface area contributed by atoms with Gasteiger partial charge in [0.1, 0.15) is 5.82 Å². The summed E-state index contributed by atoms with van der Waals surface area (Å²) in [6.07, 6.45) is 1.15. The molecule has 0 aliphatic carbocycles. The Hall–Kier alpha value is -2.96. The van der Waals surface area contributed by atoms with Gasteiger partial charge in [0, 0.05) is 49.4 Å². The van der Waals surface area contributed by atoms with Crippen molar-refractivity contribution in [3.8, 4) is 0 Å². The third kappa shape index (κ3) is 4.59. The van der Waals surface area contributed by atoms with Crippen LogP contribution in [0.2, 0.25) is 0 Å². The van der Waals surface area contributed by atoms with Gasteiger partial charge in [0.2, 0.25) is 5.91 Å². The molecule has 1 saturated heterocycles. The van der Waals surface area contributed by atoms with Crippen LogP contribution in [0.3, 0.4) is 0 Å². The summed E-state index contributed by atoms with van der Waals surface area (Å²) in [5.74, 6) is -0.0541. The third-order valence-electron chi connectivity index (χ3n) is 6.62. The van der Waals surface area contributed by atoms with Crippen LogP contribution in [0, 0.1) is 26.6 Å². The van der Waals surface area contributed by atoms with Crippen molar-refractivity contribution >= 4 is 22.6 Å². The number of carbonyl (C=O) groups is 1. The van der Waals surface area contributed by atoms with Crippen molar-refractivity contribution < 1.29 is 9.18 Å². The van der Waals surface area contributed by atoms with Crippen molar-refractivity contribution in [3.63, 3.8) is 0 Å². The average molecular weight is 452 g/mol. The molecule has 1 amide bonds. The Balaban J connectivity index is 1.44. The van der Waals surface area contributed by atoms with E-state index < -0.39 is 0 Å². The van der Waals surface area contributed by atoms with Crippen molar-refractivity contribution in [2.24, 2.45) is 0 Å². The minimum atomic E-state index is -0.230. The number of nitrogens with zero attached hydrogens (tertiary/aromatic N) is 5. The quantitative estimate of drug-likeness (QED) is 0.585. The van der Waals surface area contributed by atoms with Gasteiger partial charge >= 0.3 is 0 Å². The van der Waals surface area contributed by atoms with Crippen LogP contribution in [-0.4, -0.2) is 51.8 Å². The third-order valence-corrected chi connectivity index (χ3v) is 6.62. The average Bonchev–Trinajstić information content (AvgIpc) is 3.10. The van der Waals surface area contributed by atoms with Gasteiger partial charge in [-0.05, 0) is 83.4 Å². The molecule has 3 aromatic rings. The number of pyridine rings is 1. The van der Waals surface area contributed by atoms with E-state index in [2.05, 4.69) is 32.6 Å². The van der Waals surface area contributed by atoms with E-state index in [0.717, 1.165) is 46.8 Å². The second-order valence-electron chi connectivity index (χ2n) is 10.0. The number of hydrogen-bond donors (Lipinski definition) is 0. The normalized spacial score (nSPS) is 14.9. The number of rotatable bonds is 4. The first-order chi connectivity index (χ1) is 15.6. The molecule has 0 radical (unpaired) electrons. The maximum atomic E-state index is 13.2. The van der Waals surface area contributed by atoms with Gasteiger partial charge in [-0.15, -0.1) is 0 Å². The lowest BCUT2D eigenvalue weighted by atomic mass is 9.98. The standard InChI is InChI=1S/C26H34FN5O/c1-17-22(18(2)28-25-24(17)19(3)29-32(25)26(4,5)6)11-12-23(33)31-15-13-30(14-16-31)21-9-7-20(27)8-10-21/h7-10H,11-16H2,1-6H3. The predicted octanol–water partition coefficient (Wildman–Crippen LogP) is 4.53. The number of piperazine rings is 1. The Morgan fingerprint density at radius 2 is 1.64 bits per heavy atom. The lowest BCUT2D eigenvalue weighted by molar-refractivity contribution is -0.131. The number of halogens is 1. The molecular weight excluding hydrogens is 417 g/mol. The van der Waals surface area contributed by atoms with E-state index in [1.165, 1.54) is 17.7 Å². The Morgan fingerprint density at radius 3 is 2.24 bits per heavy atom. The lowest BCUT2D eigenvalue weighted by Crippen LogP contribution is -2.48. The topological polar surface area (TPSA) is 54.3 Å². The van der Waals surface area contributed by atoms with E-state index in [9.17, 15) is 9.18 Å².